The van der Waals surface area contributed by atoms with E-state index in [2.05, 4.69) is 34.8 Å². The van der Waals surface area contributed by atoms with Crippen molar-refractivity contribution in [2.45, 2.75) is 38.8 Å². The maximum atomic E-state index is 12.2. The lowest BCUT2D eigenvalue weighted by Crippen LogP contribution is -2.41. The fourth-order valence-electron chi connectivity index (χ4n) is 2.45. The molecule has 0 aromatic carbocycles. The van der Waals surface area contributed by atoms with E-state index in [9.17, 15) is 4.79 Å². The van der Waals surface area contributed by atoms with E-state index >= 15 is 0 Å². The third kappa shape index (κ3) is 4.25. The molecule has 0 radical (unpaired) electrons. The molecule has 7 heteroatoms. The lowest BCUT2D eigenvalue weighted by Gasteiger charge is -2.22. The van der Waals surface area contributed by atoms with Gasteiger partial charge in [0.15, 0.2) is 5.69 Å². The Morgan fingerprint density at radius 2 is 2.24 bits per heavy atom. The van der Waals surface area contributed by atoms with Crippen molar-refractivity contribution in [3.05, 3.63) is 11.9 Å². The number of nitrogens with one attached hydrogen (secondary N) is 2. The summed E-state index contributed by atoms with van der Waals surface area (Å²) in [5.74, 6) is 0.110. The maximum absolute atomic E-state index is 12.2. The first-order chi connectivity index (χ1) is 10.1. The van der Waals surface area contributed by atoms with Crippen LogP contribution in [0.3, 0.4) is 0 Å². The molecule has 0 bridgehead atoms. The first kappa shape index (κ1) is 15.9. The highest BCUT2D eigenvalue weighted by Crippen LogP contribution is 2.17. The molecule has 1 amide bonds. The van der Waals surface area contributed by atoms with Gasteiger partial charge in [-0.25, -0.2) is 4.68 Å². The Morgan fingerprint density at radius 3 is 2.86 bits per heavy atom. The summed E-state index contributed by atoms with van der Waals surface area (Å²) in [6.07, 6.45) is 3.78. The van der Waals surface area contributed by atoms with Crippen molar-refractivity contribution in [3.63, 3.8) is 0 Å². The number of hydrogen-bond donors (Lipinski definition) is 2. The van der Waals surface area contributed by atoms with Crippen LogP contribution in [0, 0.1) is 5.92 Å². The fourth-order valence-corrected chi connectivity index (χ4v) is 2.45. The summed E-state index contributed by atoms with van der Waals surface area (Å²) in [4.78, 5) is 12.2. The van der Waals surface area contributed by atoms with E-state index in [1.54, 1.807) is 13.3 Å². The van der Waals surface area contributed by atoms with Gasteiger partial charge >= 0.3 is 0 Å². The largest absolute Gasteiger partial charge is 0.383 e. The molecule has 1 fully saturated rings. The molecule has 1 aliphatic rings. The molecule has 7 nitrogen and oxygen atoms in total. The van der Waals surface area contributed by atoms with Gasteiger partial charge in [0.05, 0.1) is 24.9 Å². The van der Waals surface area contributed by atoms with Crippen LogP contribution in [0.5, 0.6) is 0 Å². The second-order valence-corrected chi connectivity index (χ2v) is 5.84. The average Bonchev–Trinajstić information content (AvgIpc) is 2.97. The third-order valence-electron chi connectivity index (χ3n) is 3.89. The van der Waals surface area contributed by atoms with Crippen LogP contribution in [-0.2, 0) is 4.74 Å². The number of ether oxygens (including phenoxy) is 1. The third-order valence-corrected chi connectivity index (χ3v) is 3.89. The predicted octanol–water partition coefficient (Wildman–Crippen LogP) is 0.603. The van der Waals surface area contributed by atoms with E-state index in [-0.39, 0.29) is 11.9 Å². The van der Waals surface area contributed by atoms with Crippen molar-refractivity contribution in [3.8, 4) is 0 Å². The van der Waals surface area contributed by atoms with E-state index in [4.69, 9.17) is 4.74 Å². The molecular weight excluding hydrogens is 270 g/mol. The molecule has 2 rings (SSSR count). The van der Waals surface area contributed by atoms with Gasteiger partial charge in [-0.05, 0) is 31.8 Å². The van der Waals surface area contributed by atoms with E-state index in [1.807, 2.05) is 4.68 Å². The summed E-state index contributed by atoms with van der Waals surface area (Å²) in [5, 5.41) is 14.4. The standard InChI is InChI=1S/C14H25N5O2/c1-10(2)13(9-21-3)16-14(20)12-8-19(18-17-12)11-4-6-15-7-5-11/h8,10-11,13,15H,4-7,9H2,1-3H3,(H,16,20)/t13-/m0/s1. The normalized spacial score (nSPS) is 17.9. The zero-order valence-electron chi connectivity index (χ0n) is 13.0. The van der Waals surface area contributed by atoms with Crippen LogP contribution in [0.4, 0.5) is 0 Å². The number of amides is 1. The van der Waals surface area contributed by atoms with Gasteiger partial charge in [-0.3, -0.25) is 4.79 Å². The number of piperidine rings is 1. The maximum Gasteiger partial charge on any atom is 0.273 e. The Morgan fingerprint density at radius 1 is 1.52 bits per heavy atom. The summed E-state index contributed by atoms with van der Waals surface area (Å²) in [7, 11) is 1.63. The van der Waals surface area contributed by atoms with E-state index in [1.165, 1.54) is 0 Å². The Balaban J connectivity index is 1.97. The molecule has 1 saturated heterocycles. The van der Waals surface area contributed by atoms with Gasteiger partial charge in [0.25, 0.3) is 5.91 Å². The highest BCUT2D eigenvalue weighted by molar-refractivity contribution is 5.92. The van der Waals surface area contributed by atoms with Crippen molar-refractivity contribution < 1.29 is 9.53 Å². The average molecular weight is 295 g/mol. The Kier molecular flexibility index (Phi) is 5.69. The molecule has 0 spiro atoms. The molecule has 118 valence electrons. The van der Waals surface area contributed by atoms with Crippen LogP contribution < -0.4 is 10.6 Å². The lowest BCUT2D eigenvalue weighted by atomic mass is 10.1. The second kappa shape index (κ2) is 7.51. The highest BCUT2D eigenvalue weighted by Gasteiger charge is 2.21. The quantitative estimate of drug-likeness (QED) is 0.803. The number of hydrogen-bond acceptors (Lipinski definition) is 5. The number of aromatic nitrogens is 3. The van der Waals surface area contributed by atoms with E-state index in [0.29, 0.717) is 24.3 Å². The molecule has 0 unspecified atom stereocenters. The summed E-state index contributed by atoms with van der Waals surface area (Å²) >= 11 is 0. The zero-order valence-corrected chi connectivity index (χ0v) is 13.0. The van der Waals surface area contributed by atoms with Crippen molar-refractivity contribution >= 4 is 5.91 Å². The minimum atomic E-state index is -0.189. The molecule has 1 atom stereocenters. The van der Waals surface area contributed by atoms with Crippen LogP contribution in [0.25, 0.3) is 0 Å². The Hall–Kier alpha value is -1.47. The number of carbonyl (C=O) groups excluding carboxylic acids is 1. The van der Waals surface area contributed by atoms with Gasteiger partial charge in [0.1, 0.15) is 0 Å². The minimum Gasteiger partial charge on any atom is -0.383 e. The molecule has 2 heterocycles. The molecule has 2 N–H and O–H groups in total. The monoisotopic (exact) mass is 295 g/mol. The SMILES string of the molecule is COC[C@H](NC(=O)c1cn(C2CCNCC2)nn1)C(C)C. The number of nitrogens with zero attached hydrogens (tertiary/aromatic N) is 3. The van der Waals surface area contributed by atoms with Crippen molar-refractivity contribution in [2.75, 3.05) is 26.8 Å². The van der Waals surface area contributed by atoms with Gasteiger partial charge < -0.3 is 15.4 Å². The Bertz CT molecular complexity index is 454. The van der Waals surface area contributed by atoms with E-state index in [0.717, 1.165) is 25.9 Å². The molecule has 1 aromatic heterocycles. The Labute approximate surface area is 125 Å². The summed E-state index contributed by atoms with van der Waals surface area (Å²) in [5.41, 5.74) is 0.371. The summed E-state index contributed by atoms with van der Waals surface area (Å²) < 4.78 is 6.96. The highest BCUT2D eigenvalue weighted by atomic mass is 16.5. The van der Waals surface area contributed by atoms with Gasteiger partial charge in [-0.2, -0.15) is 0 Å². The van der Waals surface area contributed by atoms with E-state index < -0.39 is 0 Å². The van der Waals surface area contributed by atoms with Crippen LogP contribution in [-0.4, -0.2) is 53.7 Å². The summed E-state index contributed by atoms with van der Waals surface area (Å²) in [6, 6.07) is 0.312. The topological polar surface area (TPSA) is 81.1 Å². The van der Waals surface area contributed by atoms with Crippen molar-refractivity contribution in [1.29, 1.82) is 0 Å². The first-order valence-electron chi connectivity index (χ1n) is 7.54. The number of methoxy groups -OCH3 is 1. The second-order valence-electron chi connectivity index (χ2n) is 5.84. The molecule has 0 aliphatic carbocycles. The molecule has 0 saturated carbocycles. The summed E-state index contributed by atoms with van der Waals surface area (Å²) in [6.45, 7) is 6.56. The fraction of sp³-hybridized carbons (Fsp3) is 0.786. The molecule has 1 aromatic rings. The minimum absolute atomic E-state index is 0.0217. The van der Waals surface area contributed by atoms with Gasteiger partial charge in [0.2, 0.25) is 0 Å². The van der Waals surface area contributed by atoms with Crippen LogP contribution in [0.1, 0.15) is 43.2 Å². The van der Waals surface area contributed by atoms with Crippen LogP contribution in [0.2, 0.25) is 0 Å². The molecule has 1 aliphatic heterocycles. The number of carbonyl (C=O) groups is 1. The van der Waals surface area contributed by atoms with Gasteiger partial charge in [-0.1, -0.05) is 19.1 Å². The van der Waals surface area contributed by atoms with Crippen molar-refractivity contribution in [1.82, 2.24) is 25.6 Å². The zero-order chi connectivity index (χ0) is 15.2. The van der Waals surface area contributed by atoms with Gasteiger partial charge in [0, 0.05) is 7.11 Å². The molecular formula is C14H25N5O2. The van der Waals surface area contributed by atoms with Crippen molar-refractivity contribution in [2.24, 2.45) is 5.92 Å². The predicted molar refractivity (Wildman–Crippen MR) is 79.1 cm³/mol. The number of rotatable bonds is 6. The van der Waals surface area contributed by atoms with Gasteiger partial charge in [-0.15, -0.1) is 5.10 Å². The van der Waals surface area contributed by atoms with Crippen LogP contribution in [0.15, 0.2) is 6.20 Å². The van der Waals surface area contributed by atoms with Crippen LogP contribution >= 0.6 is 0 Å². The molecule has 21 heavy (non-hydrogen) atoms. The first-order valence-corrected chi connectivity index (χ1v) is 7.54. The smallest absolute Gasteiger partial charge is 0.273 e. The lowest BCUT2D eigenvalue weighted by molar-refractivity contribution is 0.0861.